The van der Waals surface area contributed by atoms with E-state index in [9.17, 15) is 45.6 Å². The molecule has 2 heterocycles. The minimum atomic E-state index is -1.80. The molecule has 2 fully saturated rings. The lowest BCUT2D eigenvalue weighted by atomic mass is 9.97. The Labute approximate surface area is 428 Å². The molecule has 1 amide bonds. The molecule has 0 bridgehead atoms. The van der Waals surface area contributed by atoms with Crippen molar-refractivity contribution in [2.45, 2.75) is 261 Å². The highest BCUT2D eigenvalue weighted by Crippen LogP contribution is 2.30. The van der Waals surface area contributed by atoms with Gasteiger partial charge in [-0.15, -0.1) is 0 Å². The molecule has 0 aliphatic carbocycles. The molecule has 0 radical (unpaired) electrons. The molecule has 0 spiro atoms. The monoisotopic (exact) mass is 1010 g/mol. The van der Waals surface area contributed by atoms with Crippen LogP contribution in [0.3, 0.4) is 0 Å². The van der Waals surface area contributed by atoms with Crippen LogP contribution in [0, 0.1) is 0 Å². The average Bonchev–Trinajstić information content (AvgIpc) is 3.37. The summed E-state index contributed by atoms with van der Waals surface area (Å²) >= 11 is 0. The van der Waals surface area contributed by atoms with Crippen molar-refractivity contribution in [3.63, 3.8) is 0 Å². The number of amides is 1. The number of allylic oxidation sites excluding steroid dienone is 11. The number of hydrogen-bond acceptors (Lipinski definition) is 13. The Morgan fingerprint density at radius 1 is 0.507 bits per heavy atom. The summed E-state index contributed by atoms with van der Waals surface area (Å²) in [7, 11) is 0. The lowest BCUT2D eigenvalue weighted by molar-refractivity contribution is -0.359. The lowest BCUT2D eigenvalue weighted by Gasteiger charge is -2.46. The molecule has 71 heavy (non-hydrogen) atoms. The summed E-state index contributed by atoms with van der Waals surface area (Å²) in [6.07, 6.45) is 37.9. The molecule has 12 unspecified atom stereocenters. The first-order valence-electron chi connectivity index (χ1n) is 27.7. The van der Waals surface area contributed by atoms with Crippen molar-refractivity contribution in [3.05, 3.63) is 72.9 Å². The minimum Gasteiger partial charge on any atom is -0.394 e. The Hall–Kier alpha value is -2.57. The van der Waals surface area contributed by atoms with Crippen LogP contribution in [0.2, 0.25) is 0 Å². The number of aliphatic hydroxyl groups excluding tert-OH is 8. The molecule has 0 aromatic carbocycles. The van der Waals surface area contributed by atoms with Crippen LogP contribution in [0.25, 0.3) is 0 Å². The van der Waals surface area contributed by atoms with E-state index in [2.05, 4.69) is 79.9 Å². The van der Waals surface area contributed by atoms with Gasteiger partial charge in [0.25, 0.3) is 0 Å². The van der Waals surface area contributed by atoms with E-state index in [0.29, 0.717) is 12.8 Å². The number of unbranched alkanes of at least 4 members (excludes halogenated alkanes) is 19. The van der Waals surface area contributed by atoms with Gasteiger partial charge in [0.1, 0.15) is 48.8 Å². The van der Waals surface area contributed by atoms with Gasteiger partial charge in [0.05, 0.1) is 32.0 Å². The first kappa shape index (κ1) is 64.5. The predicted molar refractivity (Wildman–Crippen MR) is 281 cm³/mol. The largest absolute Gasteiger partial charge is 0.394 e. The summed E-state index contributed by atoms with van der Waals surface area (Å²) in [5, 5.41) is 86.9. The van der Waals surface area contributed by atoms with Crippen LogP contribution in [0.1, 0.15) is 187 Å². The number of carbonyl (C=O) groups is 1. The fourth-order valence-electron chi connectivity index (χ4n) is 8.56. The smallest absolute Gasteiger partial charge is 0.220 e. The van der Waals surface area contributed by atoms with Crippen molar-refractivity contribution >= 4 is 5.91 Å². The quantitative estimate of drug-likeness (QED) is 0.0207. The van der Waals surface area contributed by atoms with Crippen molar-refractivity contribution < 1.29 is 64.6 Å². The Balaban J connectivity index is 1.84. The molecule has 2 aliphatic heterocycles. The standard InChI is InChI=1S/C57H99NO13/c1-3-5-7-9-11-13-15-17-19-21-22-23-24-25-27-29-31-33-35-37-39-41-49(62)58-45(46(61)40-38-36-34-32-30-28-26-20-18-16-14-12-10-8-6-4-2)44-68-56-54(67)52(65)55(48(43-60)70-56)71-57-53(66)51(64)50(63)47(42-59)69-57/h15,17-18,20-22,24-25,30,32,38,40,45-48,50-57,59-61,63-67H,3-14,16,19,23,26-29,31,33-37,39,41-44H2,1-2H3,(H,58,62)/b17-15-,20-18+,22-21-,25-24-,32-30+,40-38+. The van der Waals surface area contributed by atoms with Crippen LogP contribution >= 0.6 is 0 Å². The fourth-order valence-corrected chi connectivity index (χ4v) is 8.56. The van der Waals surface area contributed by atoms with E-state index in [1.807, 2.05) is 6.08 Å². The molecule has 12 atom stereocenters. The molecular weight excluding hydrogens is 907 g/mol. The van der Waals surface area contributed by atoms with Gasteiger partial charge in [-0.2, -0.15) is 0 Å². The number of aliphatic hydroxyl groups is 8. The summed E-state index contributed by atoms with van der Waals surface area (Å²) < 4.78 is 22.7. The second-order valence-corrected chi connectivity index (χ2v) is 19.3. The lowest BCUT2D eigenvalue weighted by Crippen LogP contribution is -2.65. The summed E-state index contributed by atoms with van der Waals surface area (Å²) in [4.78, 5) is 13.2. The van der Waals surface area contributed by atoms with Crippen molar-refractivity contribution in [3.8, 4) is 0 Å². The Morgan fingerprint density at radius 3 is 1.48 bits per heavy atom. The molecule has 2 saturated heterocycles. The Morgan fingerprint density at radius 2 is 0.944 bits per heavy atom. The molecule has 14 heteroatoms. The van der Waals surface area contributed by atoms with Crippen molar-refractivity contribution in [2.24, 2.45) is 0 Å². The van der Waals surface area contributed by atoms with E-state index in [4.69, 9.17) is 18.9 Å². The molecule has 2 aliphatic rings. The second-order valence-electron chi connectivity index (χ2n) is 19.3. The van der Waals surface area contributed by atoms with Gasteiger partial charge in [0.2, 0.25) is 5.91 Å². The third-order valence-corrected chi connectivity index (χ3v) is 13.1. The number of ether oxygens (including phenoxy) is 4. The summed E-state index contributed by atoms with van der Waals surface area (Å²) in [5.74, 6) is -0.269. The second kappa shape index (κ2) is 42.8. The number of carbonyl (C=O) groups excluding carboxylic acids is 1. The molecule has 0 aromatic heterocycles. The zero-order chi connectivity index (χ0) is 51.7. The Bertz CT molecular complexity index is 1470. The molecule has 0 aromatic rings. The van der Waals surface area contributed by atoms with E-state index in [1.165, 1.54) is 77.0 Å². The van der Waals surface area contributed by atoms with E-state index in [0.717, 1.165) is 77.0 Å². The van der Waals surface area contributed by atoms with Gasteiger partial charge in [0.15, 0.2) is 12.6 Å². The summed E-state index contributed by atoms with van der Waals surface area (Å²) in [6, 6.07) is -0.948. The molecule has 0 saturated carbocycles. The highest BCUT2D eigenvalue weighted by atomic mass is 16.7. The minimum absolute atomic E-state index is 0.252. The fraction of sp³-hybridized carbons (Fsp3) is 0.772. The summed E-state index contributed by atoms with van der Waals surface area (Å²) in [5.41, 5.74) is 0. The average molecular weight is 1010 g/mol. The van der Waals surface area contributed by atoms with Gasteiger partial charge in [-0.1, -0.05) is 170 Å². The normalized spacial score (nSPS) is 26.3. The van der Waals surface area contributed by atoms with E-state index < -0.39 is 86.8 Å². The topological polar surface area (TPSA) is 228 Å². The summed E-state index contributed by atoms with van der Waals surface area (Å²) in [6.45, 7) is 2.72. The highest BCUT2D eigenvalue weighted by Gasteiger charge is 2.51. The van der Waals surface area contributed by atoms with E-state index in [1.54, 1.807) is 6.08 Å². The first-order chi connectivity index (χ1) is 34.6. The van der Waals surface area contributed by atoms with Gasteiger partial charge in [-0.25, -0.2) is 0 Å². The Kier molecular flexibility index (Phi) is 38.9. The third-order valence-electron chi connectivity index (χ3n) is 13.1. The van der Waals surface area contributed by atoms with Crippen molar-refractivity contribution in [1.29, 1.82) is 0 Å². The SMILES string of the molecule is CCCCCCC/C=C\C/C=C\C/C=C\CCCCCCCCC(=O)NC(COC1OC(CO)C(OC2OC(CO)C(O)C(O)C2O)C(O)C1O)C(O)/C=C/CC/C=C/CC/C=C/CCCCCCCC. The van der Waals surface area contributed by atoms with Gasteiger partial charge in [0, 0.05) is 6.42 Å². The van der Waals surface area contributed by atoms with Gasteiger partial charge in [-0.05, 0) is 83.5 Å². The molecular formula is C57H99NO13. The molecule has 9 N–H and O–H groups in total. The van der Waals surface area contributed by atoms with E-state index >= 15 is 0 Å². The van der Waals surface area contributed by atoms with Crippen molar-refractivity contribution in [2.75, 3.05) is 19.8 Å². The zero-order valence-corrected chi connectivity index (χ0v) is 43.7. The predicted octanol–water partition coefficient (Wildman–Crippen LogP) is 8.38. The van der Waals surface area contributed by atoms with Gasteiger partial charge >= 0.3 is 0 Å². The molecule has 2 rings (SSSR count). The zero-order valence-electron chi connectivity index (χ0n) is 43.7. The van der Waals surface area contributed by atoms with Crippen LogP contribution in [0.4, 0.5) is 0 Å². The molecule has 14 nitrogen and oxygen atoms in total. The van der Waals surface area contributed by atoms with Crippen molar-refractivity contribution in [1.82, 2.24) is 5.32 Å². The van der Waals surface area contributed by atoms with Crippen LogP contribution in [0.15, 0.2) is 72.9 Å². The van der Waals surface area contributed by atoms with Crippen LogP contribution in [-0.2, 0) is 23.7 Å². The maximum atomic E-state index is 13.2. The molecule has 410 valence electrons. The maximum absolute atomic E-state index is 13.2. The number of rotatable bonds is 42. The maximum Gasteiger partial charge on any atom is 0.220 e. The number of hydrogen-bond donors (Lipinski definition) is 9. The van der Waals surface area contributed by atoms with Gasteiger partial charge in [-0.3, -0.25) is 4.79 Å². The number of nitrogens with one attached hydrogen (secondary N) is 1. The van der Waals surface area contributed by atoms with Crippen LogP contribution in [-0.4, -0.2) is 140 Å². The third kappa shape index (κ3) is 29.2. The van der Waals surface area contributed by atoms with Crippen LogP contribution < -0.4 is 5.32 Å². The highest BCUT2D eigenvalue weighted by molar-refractivity contribution is 5.76. The van der Waals surface area contributed by atoms with E-state index in [-0.39, 0.29) is 18.9 Å². The first-order valence-corrected chi connectivity index (χ1v) is 27.7. The van der Waals surface area contributed by atoms with Gasteiger partial charge < -0.3 is 65.1 Å². The van der Waals surface area contributed by atoms with Crippen LogP contribution in [0.5, 0.6) is 0 Å².